The highest BCUT2D eigenvalue weighted by atomic mass is 16.5. The number of ether oxygens (including phenoxy) is 1. The summed E-state index contributed by atoms with van der Waals surface area (Å²) in [5, 5.41) is 16.8. The van der Waals surface area contributed by atoms with Gasteiger partial charge in [0.2, 0.25) is 5.88 Å². The molecule has 1 heterocycles. The van der Waals surface area contributed by atoms with Gasteiger partial charge in [0.15, 0.2) is 0 Å². The fourth-order valence-electron chi connectivity index (χ4n) is 1.48. The van der Waals surface area contributed by atoms with Crippen molar-refractivity contribution in [2.75, 3.05) is 7.11 Å². The van der Waals surface area contributed by atoms with E-state index in [4.69, 9.17) is 4.74 Å². The first-order valence-electron chi connectivity index (χ1n) is 5.86. The summed E-state index contributed by atoms with van der Waals surface area (Å²) in [5.41, 5.74) is -0.940. The Kier molecular flexibility index (Phi) is 4.30. The van der Waals surface area contributed by atoms with E-state index < -0.39 is 17.1 Å². The van der Waals surface area contributed by atoms with Crippen LogP contribution in [0.3, 0.4) is 0 Å². The molecule has 0 aliphatic rings. The van der Waals surface area contributed by atoms with Gasteiger partial charge in [-0.3, -0.25) is 14.8 Å². The third kappa shape index (κ3) is 3.66. The molecule has 21 heavy (non-hydrogen) atoms. The molecule has 0 aliphatic carbocycles. The van der Waals surface area contributed by atoms with Crippen LogP contribution in [-0.2, 0) is 0 Å². The number of nitrogens with one attached hydrogen (secondary N) is 2. The molecule has 0 fully saturated rings. The molecule has 8 nitrogen and oxygen atoms in total. The van der Waals surface area contributed by atoms with Gasteiger partial charge < -0.3 is 9.84 Å². The van der Waals surface area contributed by atoms with Gasteiger partial charge in [0.1, 0.15) is 11.3 Å². The average Bonchev–Trinajstić information content (AvgIpc) is 2.46. The predicted molar refractivity (Wildman–Crippen MR) is 77.5 cm³/mol. The molecule has 1 aromatic carbocycles. The minimum Gasteiger partial charge on any atom is -0.497 e. The van der Waals surface area contributed by atoms with E-state index in [0.717, 1.165) is 17.5 Å². The standard InChI is InChI=1S/C13H12N4O4/c1-21-9-4-2-8(3-5-9)6-14-15-7-10-11(18)16-13(20)17-12(10)19/h2-7H,1H3,(H3,16,17,18,19,20)/b14-6-,15-7+. The van der Waals surface area contributed by atoms with Crippen molar-refractivity contribution in [2.45, 2.75) is 0 Å². The fraction of sp³-hybridized carbons (Fsp3) is 0.0769. The van der Waals surface area contributed by atoms with Crippen molar-refractivity contribution < 1.29 is 9.84 Å². The molecule has 0 atom stereocenters. The van der Waals surface area contributed by atoms with E-state index in [1.807, 2.05) is 9.97 Å². The van der Waals surface area contributed by atoms with Gasteiger partial charge in [0.05, 0.1) is 19.5 Å². The smallest absolute Gasteiger partial charge is 0.328 e. The maximum atomic E-state index is 11.4. The van der Waals surface area contributed by atoms with Crippen LogP contribution in [0.2, 0.25) is 0 Å². The Morgan fingerprint density at radius 1 is 1.10 bits per heavy atom. The number of nitrogens with zero attached hydrogens (tertiary/aromatic N) is 2. The zero-order chi connectivity index (χ0) is 15.2. The van der Waals surface area contributed by atoms with Crippen LogP contribution in [0.5, 0.6) is 11.6 Å². The lowest BCUT2D eigenvalue weighted by molar-refractivity contribution is 0.415. The van der Waals surface area contributed by atoms with E-state index in [2.05, 4.69) is 10.2 Å². The van der Waals surface area contributed by atoms with Crippen LogP contribution < -0.4 is 16.0 Å². The summed E-state index contributed by atoms with van der Waals surface area (Å²) in [6, 6.07) is 7.09. The predicted octanol–water partition coefficient (Wildman–Crippen LogP) is 0.230. The third-order valence-corrected chi connectivity index (χ3v) is 2.53. The number of hydrogen-bond donors (Lipinski definition) is 3. The van der Waals surface area contributed by atoms with Gasteiger partial charge in [-0.1, -0.05) is 0 Å². The minimum atomic E-state index is -0.795. The molecule has 0 aliphatic heterocycles. The Hall–Kier alpha value is -3.16. The van der Waals surface area contributed by atoms with E-state index in [-0.39, 0.29) is 5.56 Å². The van der Waals surface area contributed by atoms with E-state index >= 15 is 0 Å². The molecule has 1 aromatic heterocycles. The lowest BCUT2D eigenvalue weighted by Gasteiger charge is -1.97. The molecule has 2 aromatic rings. The topological polar surface area (TPSA) is 120 Å². The Balaban J connectivity index is 2.13. The van der Waals surface area contributed by atoms with Crippen molar-refractivity contribution in [3.8, 4) is 11.6 Å². The van der Waals surface area contributed by atoms with Crippen molar-refractivity contribution in [1.82, 2.24) is 9.97 Å². The zero-order valence-corrected chi connectivity index (χ0v) is 11.0. The van der Waals surface area contributed by atoms with Crippen LogP contribution in [0.4, 0.5) is 0 Å². The molecule has 108 valence electrons. The van der Waals surface area contributed by atoms with Gasteiger partial charge >= 0.3 is 5.69 Å². The van der Waals surface area contributed by atoms with Crippen LogP contribution in [0.15, 0.2) is 44.1 Å². The SMILES string of the molecule is COc1ccc(/C=N\N=C\c2c(O)[nH]c(=O)[nH]c2=O)cc1. The Labute approximate surface area is 118 Å². The van der Waals surface area contributed by atoms with E-state index in [9.17, 15) is 14.7 Å². The molecule has 0 bridgehead atoms. The molecular weight excluding hydrogens is 276 g/mol. The van der Waals surface area contributed by atoms with Crippen LogP contribution in [-0.4, -0.2) is 34.6 Å². The van der Waals surface area contributed by atoms with E-state index in [1.54, 1.807) is 31.4 Å². The monoisotopic (exact) mass is 288 g/mol. The molecule has 3 N–H and O–H groups in total. The zero-order valence-electron chi connectivity index (χ0n) is 11.0. The Morgan fingerprint density at radius 2 is 1.76 bits per heavy atom. The van der Waals surface area contributed by atoms with Gasteiger partial charge in [0.25, 0.3) is 5.56 Å². The highest BCUT2D eigenvalue weighted by Crippen LogP contribution is 2.09. The summed E-state index contributed by atoms with van der Waals surface area (Å²) in [7, 11) is 1.57. The number of methoxy groups -OCH3 is 1. The van der Waals surface area contributed by atoms with Gasteiger partial charge in [-0.25, -0.2) is 4.79 Å². The molecule has 0 spiro atoms. The van der Waals surface area contributed by atoms with Crippen molar-refractivity contribution in [3.05, 3.63) is 56.2 Å². The van der Waals surface area contributed by atoms with Crippen molar-refractivity contribution in [1.29, 1.82) is 0 Å². The van der Waals surface area contributed by atoms with E-state index in [0.29, 0.717) is 0 Å². The number of hydrogen-bond acceptors (Lipinski definition) is 6. The number of rotatable bonds is 4. The molecular formula is C13H12N4O4. The maximum Gasteiger partial charge on any atom is 0.328 e. The number of H-pyrrole nitrogens is 2. The van der Waals surface area contributed by atoms with Crippen LogP contribution in [0.25, 0.3) is 0 Å². The molecule has 2 rings (SSSR count). The molecule has 8 heteroatoms. The molecule has 0 unspecified atom stereocenters. The lowest BCUT2D eigenvalue weighted by Crippen LogP contribution is -2.24. The van der Waals surface area contributed by atoms with Crippen molar-refractivity contribution in [2.24, 2.45) is 10.2 Å². The Bertz CT molecular complexity index is 787. The summed E-state index contributed by atoms with van der Waals surface area (Å²) in [4.78, 5) is 26.3. The second-order valence-electron chi connectivity index (χ2n) is 3.93. The van der Waals surface area contributed by atoms with Gasteiger partial charge in [-0.05, 0) is 29.8 Å². The second-order valence-corrected chi connectivity index (χ2v) is 3.93. The van der Waals surface area contributed by atoms with Crippen LogP contribution >= 0.6 is 0 Å². The largest absolute Gasteiger partial charge is 0.497 e. The third-order valence-electron chi connectivity index (χ3n) is 2.53. The summed E-state index contributed by atoms with van der Waals surface area (Å²) in [5.74, 6) is 0.160. The number of aromatic amines is 2. The normalized spacial score (nSPS) is 11.3. The Morgan fingerprint density at radius 3 is 2.38 bits per heavy atom. The summed E-state index contributed by atoms with van der Waals surface area (Å²) < 4.78 is 5.02. The summed E-state index contributed by atoms with van der Waals surface area (Å²) in [6.45, 7) is 0. The quantitative estimate of drug-likeness (QED) is 0.551. The molecule has 0 saturated heterocycles. The first-order valence-corrected chi connectivity index (χ1v) is 5.86. The highest BCUT2D eigenvalue weighted by molar-refractivity contribution is 5.83. The molecule has 0 amide bonds. The van der Waals surface area contributed by atoms with Crippen molar-refractivity contribution >= 4 is 12.4 Å². The number of aromatic nitrogens is 2. The van der Waals surface area contributed by atoms with E-state index in [1.165, 1.54) is 6.21 Å². The first-order chi connectivity index (χ1) is 10.1. The van der Waals surface area contributed by atoms with Gasteiger partial charge in [-0.15, -0.1) is 0 Å². The first kappa shape index (κ1) is 14.3. The number of aromatic hydroxyl groups is 1. The van der Waals surface area contributed by atoms with Crippen LogP contribution in [0, 0.1) is 0 Å². The summed E-state index contributed by atoms with van der Waals surface area (Å²) >= 11 is 0. The van der Waals surface area contributed by atoms with Gasteiger partial charge in [-0.2, -0.15) is 10.2 Å². The molecule has 0 radical (unpaired) electrons. The number of benzene rings is 1. The maximum absolute atomic E-state index is 11.4. The summed E-state index contributed by atoms with van der Waals surface area (Å²) in [6.07, 6.45) is 2.51. The lowest BCUT2D eigenvalue weighted by atomic mass is 10.2. The van der Waals surface area contributed by atoms with Crippen molar-refractivity contribution in [3.63, 3.8) is 0 Å². The molecule has 0 saturated carbocycles. The average molecular weight is 288 g/mol. The van der Waals surface area contributed by atoms with Crippen LogP contribution in [0.1, 0.15) is 11.1 Å². The second kappa shape index (κ2) is 6.33. The minimum absolute atomic E-state index is 0.179. The fourth-order valence-corrected chi connectivity index (χ4v) is 1.48. The highest BCUT2D eigenvalue weighted by Gasteiger charge is 2.04. The van der Waals surface area contributed by atoms with Gasteiger partial charge in [0, 0.05) is 0 Å².